The Morgan fingerprint density at radius 1 is 1.26 bits per heavy atom. The lowest BCUT2D eigenvalue weighted by molar-refractivity contribution is -0.130. The lowest BCUT2D eigenvalue weighted by Gasteiger charge is -2.35. The van der Waals surface area contributed by atoms with Crippen LogP contribution >= 0.6 is 24.8 Å². The maximum atomic E-state index is 13.3. The maximum Gasteiger partial charge on any atom is 0.240 e. The van der Waals surface area contributed by atoms with Crippen molar-refractivity contribution in [2.24, 2.45) is 0 Å². The van der Waals surface area contributed by atoms with Crippen molar-refractivity contribution in [1.82, 2.24) is 15.5 Å². The fourth-order valence-corrected chi connectivity index (χ4v) is 3.45. The van der Waals surface area contributed by atoms with Crippen molar-refractivity contribution in [3.05, 3.63) is 35.4 Å². The minimum absolute atomic E-state index is 0. The van der Waals surface area contributed by atoms with E-state index in [9.17, 15) is 13.6 Å². The standard InChI is InChI=1S/C18H25F2N3O2.2ClH/c1-12-17(21-6-9-25-12)18(24)22-14-4-7-23(8-5-14)11-13-2-3-15(19)16(20)10-13;;/h2-3,10,12,14,17,21H,4-9,11H2,1H3,(H,22,24);2*1H/t12-,17+;;/m1../s1. The zero-order valence-electron chi connectivity index (χ0n) is 15.2. The zero-order chi connectivity index (χ0) is 17.8. The molecule has 0 saturated carbocycles. The van der Waals surface area contributed by atoms with Gasteiger partial charge in [-0.1, -0.05) is 6.07 Å². The average molecular weight is 426 g/mol. The zero-order valence-corrected chi connectivity index (χ0v) is 16.9. The van der Waals surface area contributed by atoms with Gasteiger partial charge in [-0.05, 0) is 37.5 Å². The van der Waals surface area contributed by atoms with Crippen LogP contribution in [-0.4, -0.2) is 55.2 Å². The molecule has 0 spiro atoms. The van der Waals surface area contributed by atoms with E-state index in [0.29, 0.717) is 19.7 Å². The Morgan fingerprint density at radius 2 is 1.96 bits per heavy atom. The van der Waals surface area contributed by atoms with Gasteiger partial charge in [0.25, 0.3) is 0 Å². The van der Waals surface area contributed by atoms with Gasteiger partial charge in [0.1, 0.15) is 6.04 Å². The van der Waals surface area contributed by atoms with Crippen LogP contribution in [0.25, 0.3) is 0 Å². The van der Waals surface area contributed by atoms with Crippen LogP contribution in [0.1, 0.15) is 25.3 Å². The molecule has 2 heterocycles. The summed E-state index contributed by atoms with van der Waals surface area (Å²) in [6, 6.07) is 3.87. The maximum absolute atomic E-state index is 13.3. The molecule has 1 amide bonds. The van der Waals surface area contributed by atoms with Gasteiger partial charge < -0.3 is 15.4 Å². The first-order valence-electron chi connectivity index (χ1n) is 8.84. The number of rotatable bonds is 4. The van der Waals surface area contributed by atoms with Crippen molar-refractivity contribution in [2.45, 2.75) is 44.5 Å². The number of piperidine rings is 1. The fourth-order valence-electron chi connectivity index (χ4n) is 3.45. The third kappa shape index (κ3) is 6.54. The molecule has 2 N–H and O–H groups in total. The first-order chi connectivity index (χ1) is 12.0. The molecule has 5 nitrogen and oxygen atoms in total. The highest BCUT2D eigenvalue weighted by Gasteiger charge is 2.30. The Balaban J connectivity index is 0.00000182. The summed E-state index contributed by atoms with van der Waals surface area (Å²) in [5.41, 5.74) is 0.763. The SMILES string of the molecule is C[C@H]1OCCN[C@@H]1C(=O)NC1CCN(Cc2ccc(F)c(F)c2)CC1.Cl.Cl. The lowest BCUT2D eigenvalue weighted by Crippen LogP contribution is -2.58. The van der Waals surface area contributed by atoms with Crippen LogP contribution in [0.5, 0.6) is 0 Å². The normalized spacial score (nSPS) is 23.8. The molecule has 9 heteroatoms. The number of halogens is 4. The monoisotopic (exact) mass is 425 g/mol. The summed E-state index contributed by atoms with van der Waals surface area (Å²) in [5, 5.41) is 6.30. The van der Waals surface area contributed by atoms with E-state index in [0.717, 1.165) is 37.6 Å². The number of amides is 1. The van der Waals surface area contributed by atoms with E-state index in [2.05, 4.69) is 15.5 Å². The number of morpholine rings is 1. The molecule has 0 unspecified atom stereocenters. The van der Waals surface area contributed by atoms with E-state index in [4.69, 9.17) is 4.74 Å². The Kier molecular flexibility index (Phi) is 9.90. The predicted octanol–water partition coefficient (Wildman–Crippen LogP) is 2.27. The molecule has 0 aromatic heterocycles. The van der Waals surface area contributed by atoms with Gasteiger partial charge in [0.15, 0.2) is 11.6 Å². The van der Waals surface area contributed by atoms with E-state index in [1.165, 1.54) is 6.07 Å². The summed E-state index contributed by atoms with van der Waals surface area (Å²) in [6.45, 7) is 5.44. The number of nitrogens with one attached hydrogen (secondary N) is 2. The van der Waals surface area contributed by atoms with Gasteiger partial charge in [-0.3, -0.25) is 9.69 Å². The summed E-state index contributed by atoms with van der Waals surface area (Å²) in [5.74, 6) is -1.64. The molecule has 2 fully saturated rings. The van der Waals surface area contributed by atoms with Crippen molar-refractivity contribution < 1.29 is 18.3 Å². The van der Waals surface area contributed by atoms with Crippen molar-refractivity contribution in [3.63, 3.8) is 0 Å². The second-order valence-electron chi connectivity index (χ2n) is 6.82. The smallest absolute Gasteiger partial charge is 0.240 e. The van der Waals surface area contributed by atoms with Crippen molar-refractivity contribution in [3.8, 4) is 0 Å². The van der Waals surface area contributed by atoms with Gasteiger partial charge in [-0.15, -0.1) is 24.8 Å². The number of likely N-dealkylation sites (tertiary alicyclic amines) is 1. The number of nitrogens with zero attached hydrogens (tertiary/aromatic N) is 1. The van der Waals surface area contributed by atoms with Crippen LogP contribution in [0.2, 0.25) is 0 Å². The number of hydrogen-bond acceptors (Lipinski definition) is 4. The topological polar surface area (TPSA) is 53.6 Å². The van der Waals surface area contributed by atoms with Gasteiger partial charge in [0.2, 0.25) is 5.91 Å². The highest BCUT2D eigenvalue weighted by molar-refractivity contribution is 5.85. The lowest BCUT2D eigenvalue weighted by atomic mass is 10.0. The number of carbonyl (C=O) groups excluding carboxylic acids is 1. The quantitative estimate of drug-likeness (QED) is 0.776. The van der Waals surface area contributed by atoms with Crippen molar-refractivity contribution >= 4 is 30.7 Å². The molecule has 2 saturated heterocycles. The van der Waals surface area contributed by atoms with E-state index < -0.39 is 11.6 Å². The Hall–Kier alpha value is -0.990. The van der Waals surface area contributed by atoms with Gasteiger partial charge in [-0.25, -0.2) is 8.78 Å². The minimum Gasteiger partial charge on any atom is -0.375 e. The summed E-state index contributed by atoms with van der Waals surface area (Å²) in [6.07, 6.45) is 1.57. The molecule has 2 aliphatic rings. The summed E-state index contributed by atoms with van der Waals surface area (Å²) >= 11 is 0. The molecule has 2 aliphatic heterocycles. The van der Waals surface area contributed by atoms with E-state index in [1.54, 1.807) is 6.07 Å². The van der Waals surface area contributed by atoms with E-state index in [-0.39, 0.29) is 48.9 Å². The second-order valence-corrected chi connectivity index (χ2v) is 6.82. The Morgan fingerprint density at radius 3 is 2.59 bits per heavy atom. The van der Waals surface area contributed by atoms with Crippen LogP contribution in [0.15, 0.2) is 18.2 Å². The van der Waals surface area contributed by atoms with Crippen LogP contribution in [-0.2, 0) is 16.1 Å². The third-order valence-electron chi connectivity index (χ3n) is 4.92. The Labute approximate surface area is 171 Å². The van der Waals surface area contributed by atoms with Crippen LogP contribution in [0, 0.1) is 11.6 Å². The highest BCUT2D eigenvalue weighted by Crippen LogP contribution is 2.16. The highest BCUT2D eigenvalue weighted by atomic mass is 35.5. The van der Waals surface area contributed by atoms with Gasteiger partial charge in [0.05, 0.1) is 12.7 Å². The molecular formula is C18H27Cl2F2N3O2. The fraction of sp³-hybridized carbons (Fsp3) is 0.611. The first kappa shape index (κ1) is 24.0. The molecule has 154 valence electrons. The van der Waals surface area contributed by atoms with Crippen LogP contribution in [0.3, 0.4) is 0 Å². The average Bonchev–Trinajstić information content (AvgIpc) is 2.60. The summed E-state index contributed by atoms with van der Waals surface area (Å²) in [7, 11) is 0. The molecule has 1 aromatic carbocycles. The summed E-state index contributed by atoms with van der Waals surface area (Å²) in [4.78, 5) is 14.6. The molecule has 27 heavy (non-hydrogen) atoms. The molecule has 1 aromatic rings. The van der Waals surface area contributed by atoms with Crippen molar-refractivity contribution in [2.75, 3.05) is 26.2 Å². The number of ether oxygens (including phenoxy) is 1. The number of carbonyl (C=O) groups is 1. The second kappa shape index (κ2) is 11.1. The number of benzene rings is 1. The van der Waals surface area contributed by atoms with Gasteiger partial charge >= 0.3 is 0 Å². The first-order valence-corrected chi connectivity index (χ1v) is 8.84. The Bertz CT molecular complexity index is 616. The molecule has 2 atom stereocenters. The molecule has 0 aliphatic carbocycles. The number of hydrogen-bond donors (Lipinski definition) is 2. The molecule has 0 bridgehead atoms. The predicted molar refractivity (Wildman–Crippen MR) is 105 cm³/mol. The van der Waals surface area contributed by atoms with Crippen LogP contribution in [0.4, 0.5) is 8.78 Å². The van der Waals surface area contributed by atoms with E-state index in [1.807, 2.05) is 6.92 Å². The molecular weight excluding hydrogens is 399 g/mol. The largest absolute Gasteiger partial charge is 0.375 e. The summed E-state index contributed by atoms with van der Waals surface area (Å²) < 4.78 is 31.8. The minimum atomic E-state index is -0.820. The third-order valence-corrected chi connectivity index (χ3v) is 4.92. The molecule has 0 radical (unpaired) electrons. The van der Waals surface area contributed by atoms with Gasteiger partial charge in [0, 0.05) is 32.2 Å². The molecule has 3 rings (SSSR count). The van der Waals surface area contributed by atoms with E-state index >= 15 is 0 Å². The van der Waals surface area contributed by atoms with Crippen LogP contribution < -0.4 is 10.6 Å². The van der Waals surface area contributed by atoms with Gasteiger partial charge in [-0.2, -0.15) is 0 Å². The van der Waals surface area contributed by atoms with Crippen molar-refractivity contribution in [1.29, 1.82) is 0 Å².